The molecule has 5 heteroatoms. The highest BCUT2D eigenvalue weighted by molar-refractivity contribution is 5.32. The molecule has 0 spiro atoms. The zero-order valence-corrected chi connectivity index (χ0v) is 12.5. The van der Waals surface area contributed by atoms with Crippen molar-refractivity contribution in [3.8, 4) is 0 Å². The van der Waals surface area contributed by atoms with Crippen molar-refractivity contribution < 1.29 is 17.9 Å². The largest absolute Gasteiger partial charge is 0.416 e. The first kappa shape index (κ1) is 16.3. The number of hydrogen-bond donors (Lipinski definition) is 1. The number of hydrogen-bond acceptors (Lipinski definition) is 2. The number of rotatable bonds is 3. The van der Waals surface area contributed by atoms with E-state index in [9.17, 15) is 13.2 Å². The van der Waals surface area contributed by atoms with Gasteiger partial charge in [-0.3, -0.25) is 0 Å². The second kappa shape index (κ2) is 6.36. The Bertz CT molecular complexity index is 469. The van der Waals surface area contributed by atoms with E-state index in [1.807, 2.05) is 0 Å². The van der Waals surface area contributed by atoms with Crippen molar-refractivity contribution in [1.82, 2.24) is 5.32 Å². The van der Waals surface area contributed by atoms with Gasteiger partial charge in [0.15, 0.2) is 0 Å². The van der Waals surface area contributed by atoms with Crippen LogP contribution in [0.1, 0.15) is 43.9 Å². The van der Waals surface area contributed by atoms with Crippen LogP contribution in [-0.4, -0.2) is 19.7 Å². The lowest BCUT2D eigenvalue weighted by molar-refractivity contribution is -0.139. The summed E-state index contributed by atoms with van der Waals surface area (Å²) in [5.74, 6) is 0. The lowest BCUT2D eigenvalue weighted by Gasteiger charge is -2.29. The van der Waals surface area contributed by atoms with E-state index in [-0.39, 0.29) is 11.0 Å². The third-order valence-corrected chi connectivity index (χ3v) is 4.53. The minimum Gasteiger partial charge on any atom is -0.372 e. The monoisotopic (exact) mass is 301 g/mol. The average Bonchev–Trinajstić information content (AvgIpc) is 2.69. The van der Waals surface area contributed by atoms with E-state index in [0.29, 0.717) is 13.2 Å². The van der Waals surface area contributed by atoms with Crippen molar-refractivity contribution >= 4 is 0 Å². The molecule has 0 bridgehead atoms. The molecule has 1 atom stereocenters. The van der Waals surface area contributed by atoms with E-state index in [0.717, 1.165) is 25.5 Å². The lowest BCUT2D eigenvalue weighted by atomic mass is 9.83. The van der Waals surface area contributed by atoms with Crippen molar-refractivity contribution in [3.05, 3.63) is 35.4 Å². The van der Waals surface area contributed by atoms with Gasteiger partial charge >= 0.3 is 6.18 Å². The number of halogens is 3. The van der Waals surface area contributed by atoms with Gasteiger partial charge in [0, 0.05) is 18.5 Å². The highest BCUT2D eigenvalue weighted by Crippen LogP contribution is 2.37. The van der Waals surface area contributed by atoms with Crippen LogP contribution in [0.5, 0.6) is 0 Å². The number of nitrogens with one attached hydrogen (secondary N) is 1. The zero-order valence-electron chi connectivity index (χ0n) is 12.5. The first-order valence-electron chi connectivity index (χ1n) is 7.40. The number of ether oxygens (including phenoxy) is 1. The number of benzene rings is 1. The van der Waals surface area contributed by atoms with Crippen LogP contribution in [0.25, 0.3) is 0 Å². The minimum absolute atomic E-state index is 0.0158. The summed E-state index contributed by atoms with van der Waals surface area (Å²) in [6.07, 6.45) is -3.00. The molecule has 1 aromatic rings. The van der Waals surface area contributed by atoms with Crippen LogP contribution in [0.4, 0.5) is 13.2 Å². The second-order valence-electron chi connectivity index (χ2n) is 5.72. The van der Waals surface area contributed by atoms with Gasteiger partial charge in [-0.1, -0.05) is 32.0 Å². The Labute approximate surface area is 123 Å². The molecule has 0 amide bonds. The highest BCUT2D eigenvalue weighted by Gasteiger charge is 2.37. The summed E-state index contributed by atoms with van der Waals surface area (Å²) in [6, 6.07) is 5.68. The molecule has 0 radical (unpaired) electrons. The van der Waals surface area contributed by atoms with Crippen molar-refractivity contribution in [2.45, 2.75) is 39.0 Å². The average molecular weight is 301 g/mol. The molecule has 21 heavy (non-hydrogen) atoms. The SMILES string of the molecule is CCC1(CC)CNCC(c2ccccc2C(F)(F)F)OC1. The Morgan fingerprint density at radius 1 is 1.24 bits per heavy atom. The Morgan fingerprint density at radius 3 is 2.52 bits per heavy atom. The normalized spacial score (nSPS) is 22.8. The van der Waals surface area contributed by atoms with E-state index >= 15 is 0 Å². The van der Waals surface area contributed by atoms with Gasteiger partial charge in [0.05, 0.1) is 18.3 Å². The molecular weight excluding hydrogens is 279 g/mol. The Balaban J connectivity index is 2.24. The topological polar surface area (TPSA) is 21.3 Å². The number of alkyl halides is 3. The fourth-order valence-electron chi connectivity index (χ4n) is 2.80. The molecule has 0 aromatic heterocycles. The first-order chi connectivity index (χ1) is 9.92. The zero-order chi connectivity index (χ0) is 15.5. The smallest absolute Gasteiger partial charge is 0.372 e. The van der Waals surface area contributed by atoms with E-state index in [2.05, 4.69) is 19.2 Å². The van der Waals surface area contributed by atoms with Gasteiger partial charge < -0.3 is 10.1 Å². The predicted octanol–water partition coefficient (Wildman–Crippen LogP) is 4.17. The van der Waals surface area contributed by atoms with E-state index in [1.165, 1.54) is 12.1 Å². The molecular formula is C16H22F3NO. The minimum atomic E-state index is -4.35. The van der Waals surface area contributed by atoms with Gasteiger partial charge in [-0.15, -0.1) is 0 Å². The standard InChI is InChI=1S/C16H22F3NO/c1-3-15(4-2)10-20-9-14(21-11-15)12-7-5-6-8-13(12)16(17,18)19/h5-8,14,20H,3-4,9-11H2,1-2H3. The van der Waals surface area contributed by atoms with Crippen molar-refractivity contribution in [2.75, 3.05) is 19.7 Å². The van der Waals surface area contributed by atoms with Crippen molar-refractivity contribution in [2.24, 2.45) is 5.41 Å². The van der Waals surface area contributed by atoms with Gasteiger partial charge in [-0.25, -0.2) is 0 Å². The van der Waals surface area contributed by atoms with Gasteiger partial charge in [0.2, 0.25) is 0 Å². The van der Waals surface area contributed by atoms with E-state index in [4.69, 9.17) is 4.74 Å². The molecule has 1 N–H and O–H groups in total. The third kappa shape index (κ3) is 3.58. The lowest BCUT2D eigenvalue weighted by Crippen LogP contribution is -2.34. The first-order valence-corrected chi connectivity index (χ1v) is 7.40. The Kier molecular flexibility index (Phi) is 4.94. The molecule has 1 unspecified atom stereocenters. The Morgan fingerprint density at radius 2 is 1.90 bits per heavy atom. The maximum atomic E-state index is 13.1. The van der Waals surface area contributed by atoms with Crippen LogP contribution in [0, 0.1) is 5.41 Å². The summed E-state index contributed by atoms with van der Waals surface area (Å²) in [5, 5.41) is 3.27. The molecule has 1 fully saturated rings. The predicted molar refractivity (Wildman–Crippen MR) is 76.0 cm³/mol. The second-order valence-corrected chi connectivity index (χ2v) is 5.72. The van der Waals surface area contributed by atoms with Gasteiger partial charge in [-0.2, -0.15) is 13.2 Å². The van der Waals surface area contributed by atoms with Crippen molar-refractivity contribution in [3.63, 3.8) is 0 Å². The maximum Gasteiger partial charge on any atom is 0.416 e. The molecule has 2 nitrogen and oxygen atoms in total. The molecule has 1 aliphatic rings. The summed E-state index contributed by atoms with van der Waals surface area (Å²) in [5.41, 5.74) is -0.361. The summed E-state index contributed by atoms with van der Waals surface area (Å²) in [6.45, 7) is 5.88. The van der Waals surface area contributed by atoms with Gasteiger partial charge in [0.25, 0.3) is 0 Å². The van der Waals surface area contributed by atoms with Crippen LogP contribution in [0.3, 0.4) is 0 Å². The van der Waals surface area contributed by atoms with Crippen LogP contribution >= 0.6 is 0 Å². The third-order valence-electron chi connectivity index (χ3n) is 4.53. The Hall–Kier alpha value is -1.07. The summed E-state index contributed by atoms with van der Waals surface area (Å²) in [7, 11) is 0. The molecule has 1 aromatic carbocycles. The fourth-order valence-corrected chi connectivity index (χ4v) is 2.80. The van der Waals surface area contributed by atoms with Crippen molar-refractivity contribution in [1.29, 1.82) is 0 Å². The maximum absolute atomic E-state index is 13.1. The molecule has 2 rings (SSSR count). The molecule has 0 aliphatic carbocycles. The fraction of sp³-hybridized carbons (Fsp3) is 0.625. The molecule has 1 heterocycles. The van der Waals surface area contributed by atoms with Crippen LogP contribution < -0.4 is 5.32 Å². The van der Waals surface area contributed by atoms with Gasteiger partial charge in [0.1, 0.15) is 0 Å². The molecule has 118 valence electrons. The summed E-state index contributed by atoms with van der Waals surface area (Å²) < 4.78 is 45.2. The van der Waals surface area contributed by atoms with E-state index < -0.39 is 17.8 Å². The van der Waals surface area contributed by atoms with E-state index in [1.54, 1.807) is 6.07 Å². The van der Waals surface area contributed by atoms with Crippen LogP contribution in [-0.2, 0) is 10.9 Å². The molecule has 1 saturated heterocycles. The summed E-state index contributed by atoms with van der Waals surface area (Å²) in [4.78, 5) is 0. The highest BCUT2D eigenvalue weighted by atomic mass is 19.4. The molecule has 1 aliphatic heterocycles. The quantitative estimate of drug-likeness (QED) is 0.904. The van der Waals surface area contributed by atoms with Crippen LogP contribution in [0.2, 0.25) is 0 Å². The molecule has 0 saturated carbocycles. The van der Waals surface area contributed by atoms with Crippen LogP contribution in [0.15, 0.2) is 24.3 Å². The summed E-state index contributed by atoms with van der Waals surface area (Å²) >= 11 is 0. The van der Waals surface area contributed by atoms with Gasteiger partial charge in [-0.05, 0) is 24.5 Å².